The van der Waals surface area contributed by atoms with Crippen LogP contribution in [0.3, 0.4) is 0 Å². The number of hydrogen-bond donors (Lipinski definition) is 2. The van der Waals surface area contributed by atoms with E-state index in [4.69, 9.17) is 0 Å². The number of anilines is 1. The summed E-state index contributed by atoms with van der Waals surface area (Å²) < 4.78 is 0. The van der Waals surface area contributed by atoms with E-state index in [9.17, 15) is 0 Å². The molecule has 1 aliphatic carbocycles. The number of hydrogen-bond acceptors (Lipinski definition) is 3. The average molecular weight is 264 g/mol. The van der Waals surface area contributed by atoms with Crippen LogP contribution in [-0.4, -0.2) is 24.1 Å². The fourth-order valence-corrected chi connectivity index (χ4v) is 1.51. The normalized spacial score (nSPS) is 15.6. The molecule has 0 saturated heterocycles. The predicted octanol–water partition coefficient (Wildman–Crippen LogP) is 2.40. The van der Waals surface area contributed by atoms with Gasteiger partial charge in [0.25, 0.3) is 0 Å². The van der Waals surface area contributed by atoms with Crippen LogP contribution in [0.25, 0.3) is 0 Å². The fraction of sp³-hybridized carbons (Fsp3) is 0.545. The van der Waals surface area contributed by atoms with Gasteiger partial charge >= 0.3 is 0 Å². The molecule has 5 heteroatoms. The number of likely N-dealkylation sites (N-methyl/N-ethyl adjacent to an activating group) is 1. The first-order valence-electron chi connectivity index (χ1n) is 5.10. The van der Waals surface area contributed by atoms with Crippen molar-refractivity contribution in [2.24, 2.45) is 0 Å². The highest BCUT2D eigenvalue weighted by Gasteiger charge is 2.40. The molecule has 0 aromatic carbocycles. The fourth-order valence-electron chi connectivity index (χ4n) is 1.51. The standard InChI is InChI=1S/C11H17N3.2ClH/c1-9-3-4-10(7-13-9)14-8-11(12-2)5-6-11;;/h3-4,7,12,14H,5-6,8H2,1-2H3;2*1H. The molecule has 2 N–H and O–H groups in total. The Morgan fingerprint density at radius 1 is 1.31 bits per heavy atom. The van der Waals surface area contributed by atoms with Gasteiger partial charge in [0.1, 0.15) is 0 Å². The van der Waals surface area contributed by atoms with Gasteiger partial charge in [-0.25, -0.2) is 0 Å². The molecular formula is C11H19Cl2N3. The van der Waals surface area contributed by atoms with E-state index < -0.39 is 0 Å². The lowest BCUT2D eigenvalue weighted by molar-refractivity contribution is 0.578. The Kier molecular flexibility index (Phi) is 6.08. The van der Waals surface area contributed by atoms with Gasteiger partial charge in [0.05, 0.1) is 11.9 Å². The molecule has 92 valence electrons. The van der Waals surface area contributed by atoms with Crippen LogP contribution in [0.5, 0.6) is 0 Å². The third-order valence-corrected chi connectivity index (χ3v) is 2.93. The van der Waals surface area contributed by atoms with Gasteiger partial charge in [-0.05, 0) is 38.9 Å². The molecule has 1 saturated carbocycles. The minimum Gasteiger partial charge on any atom is -0.382 e. The van der Waals surface area contributed by atoms with E-state index in [0.717, 1.165) is 17.9 Å². The lowest BCUT2D eigenvalue weighted by Gasteiger charge is -2.15. The maximum absolute atomic E-state index is 4.24. The van der Waals surface area contributed by atoms with E-state index in [-0.39, 0.29) is 24.8 Å². The minimum atomic E-state index is 0. The monoisotopic (exact) mass is 263 g/mol. The SMILES string of the molecule is CNC1(CNc2ccc(C)nc2)CC1.Cl.Cl. The van der Waals surface area contributed by atoms with Gasteiger partial charge in [-0.1, -0.05) is 0 Å². The lowest BCUT2D eigenvalue weighted by atomic mass is 10.2. The lowest BCUT2D eigenvalue weighted by Crippen LogP contribution is -2.34. The maximum Gasteiger partial charge on any atom is 0.0527 e. The number of aryl methyl sites for hydroxylation is 1. The molecule has 16 heavy (non-hydrogen) atoms. The van der Waals surface area contributed by atoms with Gasteiger partial charge in [-0.3, -0.25) is 4.98 Å². The molecule has 0 aliphatic heterocycles. The van der Waals surface area contributed by atoms with Crippen molar-refractivity contribution in [3.8, 4) is 0 Å². The maximum atomic E-state index is 4.24. The number of nitrogens with zero attached hydrogens (tertiary/aromatic N) is 1. The van der Waals surface area contributed by atoms with Crippen LogP contribution in [0.1, 0.15) is 18.5 Å². The third-order valence-electron chi connectivity index (χ3n) is 2.93. The van der Waals surface area contributed by atoms with Crippen LogP contribution in [0.2, 0.25) is 0 Å². The van der Waals surface area contributed by atoms with Crippen molar-refractivity contribution < 1.29 is 0 Å². The molecule has 1 aromatic heterocycles. The molecule has 0 amide bonds. The molecule has 1 heterocycles. The Morgan fingerprint density at radius 2 is 2.00 bits per heavy atom. The van der Waals surface area contributed by atoms with Crippen molar-refractivity contribution in [3.05, 3.63) is 24.0 Å². The van der Waals surface area contributed by atoms with Crippen molar-refractivity contribution in [1.82, 2.24) is 10.3 Å². The van der Waals surface area contributed by atoms with Crippen LogP contribution in [0, 0.1) is 6.92 Å². The number of halogens is 2. The van der Waals surface area contributed by atoms with E-state index >= 15 is 0 Å². The van der Waals surface area contributed by atoms with E-state index in [0.29, 0.717) is 5.54 Å². The Hall–Kier alpha value is -0.510. The summed E-state index contributed by atoms with van der Waals surface area (Å²) >= 11 is 0. The van der Waals surface area contributed by atoms with Crippen LogP contribution < -0.4 is 10.6 Å². The summed E-state index contributed by atoms with van der Waals surface area (Å²) in [6.07, 6.45) is 4.44. The first-order chi connectivity index (χ1) is 6.74. The Balaban J connectivity index is 0.00000112. The molecule has 1 fully saturated rings. The van der Waals surface area contributed by atoms with Gasteiger partial charge in [0.15, 0.2) is 0 Å². The van der Waals surface area contributed by atoms with E-state index in [1.807, 2.05) is 26.2 Å². The molecule has 2 rings (SSSR count). The van der Waals surface area contributed by atoms with Gasteiger partial charge in [0.2, 0.25) is 0 Å². The summed E-state index contributed by atoms with van der Waals surface area (Å²) in [6, 6.07) is 4.11. The van der Waals surface area contributed by atoms with Crippen LogP contribution in [0.4, 0.5) is 5.69 Å². The van der Waals surface area contributed by atoms with E-state index in [2.05, 4.69) is 21.7 Å². The summed E-state index contributed by atoms with van der Waals surface area (Å²) in [6.45, 7) is 2.99. The molecule has 0 radical (unpaired) electrons. The largest absolute Gasteiger partial charge is 0.382 e. The second-order valence-corrected chi connectivity index (χ2v) is 4.07. The molecule has 0 unspecified atom stereocenters. The van der Waals surface area contributed by atoms with Crippen molar-refractivity contribution in [2.45, 2.75) is 25.3 Å². The van der Waals surface area contributed by atoms with Crippen molar-refractivity contribution in [3.63, 3.8) is 0 Å². The van der Waals surface area contributed by atoms with Gasteiger partial charge in [-0.2, -0.15) is 0 Å². The molecule has 0 bridgehead atoms. The average Bonchev–Trinajstić information content (AvgIpc) is 2.98. The number of aromatic nitrogens is 1. The summed E-state index contributed by atoms with van der Waals surface area (Å²) in [5.74, 6) is 0. The Morgan fingerprint density at radius 3 is 2.44 bits per heavy atom. The van der Waals surface area contributed by atoms with Crippen LogP contribution in [0.15, 0.2) is 18.3 Å². The highest BCUT2D eigenvalue weighted by atomic mass is 35.5. The summed E-state index contributed by atoms with van der Waals surface area (Å²) in [5, 5.41) is 6.75. The van der Waals surface area contributed by atoms with Crippen molar-refractivity contribution in [2.75, 3.05) is 18.9 Å². The van der Waals surface area contributed by atoms with Gasteiger partial charge < -0.3 is 10.6 Å². The van der Waals surface area contributed by atoms with Crippen molar-refractivity contribution in [1.29, 1.82) is 0 Å². The van der Waals surface area contributed by atoms with Crippen molar-refractivity contribution >= 4 is 30.5 Å². The first kappa shape index (κ1) is 15.5. The predicted molar refractivity (Wildman–Crippen MR) is 73.0 cm³/mol. The third kappa shape index (κ3) is 3.81. The zero-order valence-corrected chi connectivity index (χ0v) is 11.3. The molecule has 1 aliphatic rings. The van der Waals surface area contributed by atoms with Crippen LogP contribution >= 0.6 is 24.8 Å². The topological polar surface area (TPSA) is 37.0 Å². The molecule has 0 atom stereocenters. The zero-order chi connectivity index (χ0) is 10.0. The van der Waals surface area contributed by atoms with Gasteiger partial charge in [-0.15, -0.1) is 24.8 Å². The summed E-state index contributed by atoms with van der Waals surface area (Å²) in [4.78, 5) is 4.24. The highest BCUT2D eigenvalue weighted by Crippen LogP contribution is 2.34. The molecular weight excluding hydrogens is 245 g/mol. The minimum absolute atomic E-state index is 0. The van der Waals surface area contributed by atoms with E-state index in [1.54, 1.807) is 0 Å². The van der Waals surface area contributed by atoms with Gasteiger partial charge in [0, 0.05) is 17.8 Å². The first-order valence-corrected chi connectivity index (χ1v) is 5.10. The highest BCUT2D eigenvalue weighted by molar-refractivity contribution is 5.85. The molecule has 1 aromatic rings. The number of pyridine rings is 1. The molecule has 3 nitrogen and oxygen atoms in total. The number of rotatable bonds is 4. The second kappa shape index (κ2) is 6.28. The Bertz CT molecular complexity index is 310. The second-order valence-electron chi connectivity index (χ2n) is 4.07. The Labute approximate surface area is 109 Å². The quantitative estimate of drug-likeness (QED) is 0.876. The van der Waals surface area contributed by atoms with Crippen LogP contribution in [-0.2, 0) is 0 Å². The zero-order valence-electron chi connectivity index (χ0n) is 9.62. The number of nitrogens with one attached hydrogen (secondary N) is 2. The smallest absolute Gasteiger partial charge is 0.0527 e. The summed E-state index contributed by atoms with van der Waals surface area (Å²) in [5.41, 5.74) is 2.52. The summed E-state index contributed by atoms with van der Waals surface area (Å²) in [7, 11) is 2.03. The van der Waals surface area contributed by atoms with E-state index in [1.165, 1.54) is 12.8 Å². The molecule has 0 spiro atoms.